The summed E-state index contributed by atoms with van der Waals surface area (Å²) in [6.07, 6.45) is 2.10. The van der Waals surface area contributed by atoms with Crippen LogP contribution in [0.25, 0.3) is 0 Å². The summed E-state index contributed by atoms with van der Waals surface area (Å²) in [7, 11) is 2.10. The van der Waals surface area contributed by atoms with Crippen LogP contribution in [-0.4, -0.2) is 49.4 Å². The molecule has 1 fully saturated rings. The molecular formula is C11H20ClN3O2. The Balaban J connectivity index is 2.30. The zero-order chi connectivity index (χ0) is 12.9. The van der Waals surface area contributed by atoms with Crippen LogP contribution in [0, 0.1) is 5.41 Å². The molecule has 2 N–H and O–H groups in total. The van der Waals surface area contributed by atoms with E-state index in [1.165, 1.54) is 0 Å². The van der Waals surface area contributed by atoms with Crippen molar-refractivity contribution in [2.24, 2.45) is 5.41 Å². The van der Waals surface area contributed by atoms with Gasteiger partial charge in [0.25, 0.3) is 0 Å². The second-order valence-electron chi connectivity index (χ2n) is 4.98. The number of piperidine rings is 1. The zero-order valence-electron chi connectivity index (χ0n) is 10.4. The first-order valence-electron chi connectivity index (χ1n) is 5.77. The Hall–Kier alpha value is -0.810. The first kappa shape index (κ1) is 14.3. The fourth-order valence-electron chi connectivity index (χ4n) is 1.83. The van der Waals surface area contributed by atoms with Gasteiger partial charge in [-0.25, -0.2) is 4.79 Å². The number of halogens is 1. The molecule has 0 unspecified atom stereocenters. The molecule has 5 nitrogen and oxygen atoms in total. The molecule has 0 spiro atoms. The summed E-state index contributed by atoms with van der Waals surface area (Å²) in [5.74, 6) is -0.673. The van der Waals surface area contributed by atoms with E-state index in [1.54, 1.807) is 0 Å². The second kappa shape index (κ2) is 6.21. The highest BCUT2D eigenvalue weighted by molar-refractivity contribution is 6.28. The summed E-state index contributed by atoms with van der Waals surface area (Å²) >= 11 is 5.29. The number of carbonyl (C=O) groups is 2. The van der Waals surface area contributed by atoms with Crippen LogP contribution in [0.4, 0.5) is 4.79 Å². The van der Waals surface area contributed by atoms with Gasteiger partial charge in [0.15, 0.2) is 0 Å². The maximum Gasteiger partial charge on any atom is 0.321 e. The number of imide groups is 1. The third-order valence-electron chi connectivity index (χ3n) is 3.24. The number of nitrogens with one attached hydrogen (secondary N) is 2. The average molecular weight is 262 g/mol. The van der Waals surface area contributed by atoms with Crippen molar-refractivity contribution in [3.05, 3.63) is 0 Å². The van der Waals surface area contributed by atoms with E-state index in [1.807, 2.05) is 0 Å². The lowest BCUT2D eigenvalue weighted by atomic mass is 9.80. The van der Waals surface area contributed by atoms with Gasteiger partial charge in [-0.15, -0.1) is 11.6 Å². The molecule has 0 radical (unpaired) electrons. The fraction of sp³-hybridized carbons (Fsp3) is 0.818. The minimum atomic E-state index is -0.474. The summed E-state index contributed by atoms with van der Waals surface area (Å²) in [5, 5.41) is 4.89. The van der Waals surface area contributed by atoms with Gasteiger partial charge in [-0.1, -0.05) is 6.92 Å². The van der Waals surface area contributed by atoms with Crippen LogP contribution in [0.1, 0.15) is 19.8 Å². The quantitative estimate of drug-likeness (QED) is 0.739. The Labute approximate surface area is 107 Å². The third kappa shape index (κ3) is 4.91. The first-order chi connectivity index (χ1) is 7.95. The van der Waals surface area contributed by atoms with Crippen molar-refractivity contribution in [1.82, 2.24) is 15.5 Å². The monoisotopic (exact) mass is 261 g/mol. The number of amides is 3. The molecule has 3 amide bonds. The molecular weight excluding hydrogens is 242 g/mol. The van der Waals surface area contributed by atoms with Crippen molar-refractivity contribution in [2.75, 3.05) is 32.6 Å². The van der Waals surface area contributed by atoms with Crippen LogP contribution in [0.15, 0.2) is 0 Å². The Kier molecular flexibility index (Phi) is 5.21. The number of hydrogen-bond acceptors (Lipinski definition) is 3. The standard InChI is InChI=1S/C11H20ClN3O2/c1-11(3-5-15(2)6-4-11)8-13-10(17)14-9(16)7-12/h3-8H2,1-2H3,(H2,13,14,16,17). The molecule has 6 heteroatoms. The normalized spacial score (nSPS) is 19.7. The van der Waals surface area contributed by atoms with Gasteiger partial charge < -0.3 is 10.2 Å². The lowest BCUT2D eigenvalue weighted by molar-refractivity contribution is -0.117. The summed E-state index contributed by atoms with van der Waals surface area (Å²) in [6.45, 7) is 4.83. The van der Waals surface area contributed by atoms with Crippen molar-refractivity contribution in [2.45, 2.75) is 19.8 Å². The summed E-state index contributed by atoms with van der Waals surface area (Å²) in [6, 6.07) is -0.462. The van der Waals surface area contributed by atoms with E-state index < -0.39 is 11.9 Å². The van der Waals surface area contributed by atoms with Crippen molar-refractivity contribution >= 4 is 23.5 Å². The molecule has 0 bridgehead atoms. The molecule has 0 aliphatic carbocycles. The van der Waals surface area contributed by atoms with E-state index in [0.717, 1.165) is 25.9 Å². The Morgan fingerprint density at radius 2 is 1.94 bits per heavy atom. The van der Waals surface area contributed by atoms with Gasteiger partial charge in [-0.2, -0.15) is 0 Å². The predicted molar refractivity (Wildman–Crippen MR) is 67.1 cm³/mol. The number of hydrogen-bond donors (Lipinski definition) is 2. The minimum Gasteiger partial charge on any atom is -0.337 e. The number of likely N-dealkylation sites (tertiary alicyclic amines) is 1. The molecule has 1 saturated heterocycles. The number of urea groups is 1. The van der Waals surface area contributed by atoms with Crippen LogP contribution in [0.2, 0.25) is 0 Å². The maximum absolute atomic E-state index is 11.3. The molecule has 0 aromatic heterocycles. The minimum absolute atomic E-state index is 0.119. The molecule has 1 aliphatic heterocycles. The van der Waals surface area contributed by atoms with Gasteiger partial charge in [0.2, 0.25) is 5.91 Å². The van der Waals surface area contributed by atoms with Crippen LogP contribution in [0.3, 0.4) is 0 Å². The number of rotatable bonds is 3. The highest BCUT2D eigenvalue weighted by Crippen LogP contribution is 2.29. The number of nitrogens with zero attached hydrogens (tertiary/aromatic N) is 1. The average Bonchev–Trinajstić information content (AvgIpc) is 2.31. The Morgan fingerprint density at radius 3 is 2.47 bits per heavy atom. The molecule has 0 aromatic carbocycles. The van der Waals surface area contributed by atoms with Crippen LogP contribution in [-0.2, 0) is 4.79 Å². The molecule has 1 aliphatic rings. The Morgan fingerprint density at radius 1 is 1.35 bits per heavy atom. The molecule has 1 rings (SSSR count). The largest absolute Gasteiger partial charge is 0.337 e. The van der Waals surface area contributed by atoms with Gasteiger partial charge >= 0.3 is 6.03 Å². The van der Waals surface area contributed by atoms with Gasteiger partial charge in [0, 0.05) is 6.54 Å². The highest BCUT2D eigenvalue weighted by atomic mass is 35.5. The van der Waals surface area contributed by atoms with Gasteiger partial charge in [0.05, 0.1) is 0 Å². The summed E-state index contributed by atoms with van der Waals surface area (Å²) in [4.78, 5) is 24.5. The number of alkyl halides is 1. The van der Waals surface area contributed by atoms with Crippen molar-refractivity contribution in [3.8, 4) is 0 Å². The second-order valence-corrected chi connectivity index (χ2v) is 5.25. The van der Waals surface area contributed by atoms with Crippen LogP contribution < -0.4 is 10.6 Å². The van der Waals surface area contributed by atoms with E-state index in [-0.39, 0.29) is 11.3 Å². The number of carbonyl (C=O) groups excluding carboxylic acids is 2. The first-order valence-corrected chi connectivity index (χ1v) is 6.31. The van der Waals surface area contributed by atoms with E-state index in [9.17, 15) is 9.59 Å². The maximum atomic E-state index is 11.3. The van der Waals surface area contributed by atoms with E-state index >= 15 is 0 Å². The predicted octanol–water partition coefficient (Wildman–Crippen LogP) is 0.783. The molecule has 0 aromatic rings. The molecule has 17 heavy (non-hydrogen) atoms. The van der Waals surface area contributed by atoms with Crippen molar-refractivity contribution in [3.63, 3.8) is 0 Å². The van der Waals surface area contributed by atoms with E-state index in [0.29, 0.717) is 6.54 Å². The van der Waals surface area contributed by atoms with Crippen LogP contribution >= 0.6 is 11.6 Å². The zero-order valence-corrected chi connectivity index (χ0v) is 11.1. The molecule has 1 heterocycles. The topological polar surface area (TPSA) is 61.4 Å². The van der Waals surface area contributed by atoms with Crippen molar-refractivity contribution < 1.29 is 9.59 Å². The molecule has 0 atom stereocenters. The van der Waals surface area contributed by atoms with E-state index in [4.69, 9.17) is 11.6 Å². The molecule has 98 valence electrons. The fourth-order valence-corrected chi connectivity index (χ4v) is 1.90. The SMILES string of the molecule is CN1CCC(C)(CNC(=O)NC(=O)CCl)CC1. The lowest BCUT2D eigenvalue weighted by Crippen LogP contribution is -2.47. The summed E-state index contributed by atoms with van der Waals surface area (Å²) < 4.78 is 0. The van der Waals surface area contributed by atoms with Crippen LogP contribution in [0.5, 0.6) is 0 Å². The Bertz CT molecular complexity index is 288. The van der Waals surface area contributed by atoms with Gasteiger partial charge in [-0.3, -0.25) is 10.1 Å². The smallest absolute Gasteiger partial charge is 0.321 e. The lowest BCUT2D eigenvalue weighted by Gasteiger charge is -2.37. The van der Waals surface area contributed by atoms with Gasteiger partial charge in [0.1, 0.15) is 5.88 Å². The van der Waals surface area contributed by atoms with Gasteiger partial charge in [-0.05, 0) is 38.4 Å². The highest BCUT2D eigenvalue weighted by Gasteiger charge is 2.29. The summed E-state index contributed by atoms with van der Waals surface area (Å²) in [5.41, 5.74) is 0.119. The third-order valence-corrected chi connectivity index (χ3v) is 3.49. The van der Waals surface area contributed by atoms with Crippen molar-refractivity contribution in [1.29, 1.82) is 0 Å². The van der Waals surface area contributed by atoms with E-state index in [2.05, 4.69) is 29.5 Å². The molecule has 0 saturated carbocycles.